The molecule has 0 saturated heterocycles. The van der Waals surface area contributed by atoms with Gasteiger partial charge in [-0.3, -0.25) is 0 Å². The zero-order chi connectivity index (χ0) is 11.1. The van der Waals surface area contributed by atoms with Gasteiger partial charge in [0.1, 0.15) is 18.0 Å². The topological polar surface area (TPSA) is 96.1 Å². The highest BCUT2D eigenvalue weighted by atomic mass is 16.3. The van der Waals surface area contributed by atoms with Crippen LogP contribution in [0.4, 0.5) is 11.6 Å². The minimum Gasteiger partial charge on any atom is -0.393 e. The first kappa shape index (κ1) is 11.7. The van der Waals surface area contributed by atoms with Gasteiger partial charge >= 0.3 is 0 Å². The Balaban J connectivity index is 2.30. The highest BCUT2D eigenvalue weighted by molar-refractivity contribution is 5.45. The monoisotopic (exact) mass is 211 g/mol. The molecule has 1 unspecified atom stereocenters. The molecule has 1 rings (SSSR count). The first-order chi connectivity index (χ1) is 7.22. The molecule has 0 amide bonds. The molecule has 6 heteroatoms. The van der Waals surface area contributed by atoms with Crippen LogP contribution in [0.1, 0.15) is 19.8 Å². The van der Waals surface area contributed by atoms with E-state index in [0.29, 0.717) is 5.82 Å². The van der Waals surface area contributed by atoms with Crippen molar-refractivity contribution in [3.8, 4) is 0 Å². The Labute approximate surface area is 88.9 Å². The van der Waals surface area contributed by atoms with Gasteiger partial charge in [0.2, 0.25) is 0 Å². The maximum atomic E-state index is 9.05. The summed E-state index contributed by atoms with van der Waals surface area (Å²) in [5, 5.41) is 12.2. The maximum Gasteiger partial charge on any atom is 0.145 e. The Morgan fingerprint density at radius 3 is 2.87 bits per heavy atom. The number of aliphatic hydroxyl groups is 1. The van der Waals surface area contributed by atoms with E-state index < -0.39 is 0 Å². The normalized spacial score (nSPS) is 12.2. The quantitative estimate of drug-likeness (QED) is 0.308. The van der Waals surface area contributed by atoms with Crippen LogP contribution in [-0.2, 0) is 0 Å². The van der Waals surface area contributed by atoms with E-state index in [9.17, 15) is 0 Å². The largest absolute Gasteiger partial charge is 0.393 e. The second kappa shape index (κ2) is 6.15. The van der Waals surface area contributed by atoms with Crippen molar-refractivity contribution in [1.82, 2.24) is 9.97 Å². The van der Waals surface area contributed by atoms with Gasteiger partial charge in [-0.05, 0) is 19.8 Å². The second-order valence-corrected chi connectivity index (χ2v) is 3.35. The molecule has 1 heterocycles. The fourth-order valence-electron chi connectivity index (χ4n) is 1.15. The van der Waals surface area contributed by atoms with Gasteiger partial charge < -0.3 is 15.8 Å². The van der Waals surface area contributed by atoms with Crippen LogP contribution in [0.25, 0.3) is 0 Å². The van der Waals surface area contributed by atoms with Gasteiger partial charge in [0.05, 0.1) is 6.10 Å². The Kier molecular flexibility index (Phi) is 4.79. The van der Waals surface area contributed by atoms with Crippen LogP contribution in [0.15, 0.2) is 12.4 Å². The molecule has 15 heavy (non-hydrogen) atoms. The zero-order valence-electron chi connectivity index (χ0n) is 8.77. The number of anilines is 2. The van der Waals surface area contributed by atoms with E-state index in [2.05, 4.69) is 20.7 Å². The van der Waals surface area contributed by atoms with Crippen molar-refractivity contribution in [1.29, 1.82) is 0 Å². The number of hydrogen-bond donors (Lipinski definition) is 4. The van der Waals surface area contributed by atoms with E-state index in [1.165, 1.54) is 6.33 Å². The molecule has 0 fully saturated rings. The summed E-state index contributed by atoms with van der Waals surface area (Å²) in [6.45, 7) is 2.55. The van der Waals surface area contributed by atoms with Crippen LogP contribution in [0.3, 0.4) is 0 Å². The number of aliphatic hydroxyl groups excluding tert-OH is 1. The molecule has 84 valence electrons. The van der Waals surface area contributed by atoms with E-state index >= 15 is 0 Å². The summed E-state index contributed by atoms with van der Waals surface area (Å²) in [6.07, 6.45) is 2.86. The van der Waals surface area contributed by atoms with E-state index in [4.69, 9.17) is 10.9 Å². The molecule has 1 aromatic heterocycles. The van der Waals surface area contributed by atoms with Gasteiger partial charge in [0, 0.05) is 12.6 Å². The smallest absolute Gasteiger partial charge is 0.145 e. The van der Waals surface area contributed by atoms with E-state index in [0.717, 1.165) is 25.2 Å². The Hall–Kier alpha value is -1.40. The Morgan fingerprint density at radius 1 is 1.47 bits per heavy atom. The molecule has 0 spiro atoms. The summed E-state index contributed by atoms with van der Waals surface area (Å²) in [5.41, 5.74) is 2.44. The number of nitrogens with zero attached hydrogens (tertiary/aromatic N) is 2. The van der Waals surface area contributed by atoms with Gasteiger partial charge in [-0.15, -0.1) is 0 Å². The summed E-state index contributed by atoms with van der Waals surface area (Å²) in [6, 6.07) is 1.72. The highest BCUT2D eigenvalue weighted by Gasteiger charge is 1.98. The van der Waals surface area contributed by atoms with Crippen LogP contribution < -0.4 is 16.6 Å². The minimum atomic E-state index is -0.251. The fourth-order valence-corrected chi connectivity index (χ4v) is 1.15. The molecule has 1 atom stereocenters. The summed E-state index contributed by atoms with van der Waals surface area (Å²) in [5.74, 6) is 6.51. The van der Waals surface area contributed by atoms with E-state index in [1.54, 1.807) is 13.0 Å². The number of nitrogens with two attached hydrogens (primary N) is 1. The Bertz CT molecular complexity index is 292. The fraction of sp³-hybridized carbons (Fsp3) is 0.556. The molecule has 0 aliphatic carbocycles. The number of hydrogen-bond acceptors (Lipinski definition) is 6. The molecular weight excluding hydrogens is 194 g/mol. The summed E-state index contributed by atoms with van der Waals surface area (Å²) < 4.78 is 0. The predicted molar refractivity (Wildman–Crippen MR) is 59.2 cm³/mol. The van der Waals surface area contributed by atoms with Crippen molar-refractivity contribution in [2.75, 3.05) is 17.3 Å². The lowest BCUT2D eigenvalue weighted by Gasteiger charge is -2.07. The summed E-state index contributed by atoms with van der Waals surface area (Å²) in [7, 11) is 0. The summed E-state index contributed by atoms with van der Waals surface area (Å²) in [4.78, 5) is 7.91. The van der Waals surface area contributed by atoms with Crippen molar-refractivity contribution in [2.24, 2.45) is 5.84 Å². The third-order valence-electron chi connectivity index (χ3n) is 1.92. The molecule has 1 aromatic rings. The SMILES string of the molecule is CC(O)CCCNc1cc(NN)ncn1. The van der Waals surface area contributed by atoms with Gasteiger partial charge in [-0.2, -0.15) is 0 Å². The molecule has 0 aliphatic heterocycles. The molecule has 0 bridgehead atoms. The third-order valence-corrected chi connectivity index (χ3v) is 1.92. The molecule has 0 radical (unpaired) electrons. The van der Waals surface area contributed by atoms with Crippen LogP contribution in [0, 0.1) is 0 Å². The van der Waals surface area contributed by atoms with E-state index in [1.807, 2.05) is 0 Å². The highest BCUT2D eigenvalue weighted by Crippen LogP contribution is 2.07. The number of rotatable bonds is 6. The van der Waals surface area contributed by atoms with Crippen molar-refractivity contribution in [3.63, 3.8) is 0 Å². The van der Waals surface area contributed by atoms with Crippen LogP contribution >= 0.6 is 0 Å². The van der Waals surface area contributed by atoms with Crippen molar-refractivity contribution in [3.05, 3.63) is 12.4 Å². The first-order valence-corrected chi connectivity index (χ1v) is 4.93. The lowest BCUT2D eigenvalue weighted by Crippen LogP contribution is -2.11. The molecule has 0 aromatic carbocycles. The van der Waals surface area contributed by atoms with E-state index in [-0.39, 0.29) is 6.10 Å². The number of aromatic nitrogens is 2. The molecule has 5 N–H and O–H groups in total. The zero-order valence-corrected chi connectivity index (χ0v) is 8.77. The van der Waals surface area contributed by atoms with Crippen molar-refractivity contribution < 1.29 is 5.11 Å². The molecule has 0 aliphatic rings. The molecular formula is C9H17N5O. The third kappa shape index (κ3) is 4.57. The number of nitrogens with one attached hydrogen (secondary N) is 2. The standard InChI is InChI=1S/C9H17N5O/c1-7(15)3-2-4-11-8-5-9(14-10)13-6-12-8/h5-7,15H,2-4,10H2,1H3,(H2,11,12,13,14). The first-order valence-electron chi connectivity index (χ1n) is 4.93. The van der Waals surface area contributed by atoms with Gasteiger partial charge in [-0.25, -0.2) is 15.8 Å². The number of hydrazine groups is 1. The van der Waals surface area contributed by atoms with Crippen molar-refractivity contribution in [2.45, 2.75) is 25.9 Å². The molecule has 6 nitrogen and oxygen atoms in total. The van der Waals surface area contributed by atoms with Gasteiger partial charge in [0.15, 0.2) is 0 Å². The summed E-state index contributed by atoms with van der Waals surface area (Å²) >= 11 is 0. The maximum absolute atomic E-state index is 9.05. The van der Waals surface area contributed by atoms with Crippen LogP contribution in [0.5, 0.6) is 0 Å². The lowest BCUT2D eigenvalue weighted by molar-refractivity contribution is 0.183. The van der Waals surface area contributed by atoms with Gasteiger partial charge in [-0.1, -0.05) is 0 Å². The second-order valence-electron chi connectivity index (χ2n) is 3.35. The van der Waals surface area contributed by atoms with Crippen LogP contribution in [0.2, 0.25) is 0 Å². The average Bonchev–Trinajstić information content (AvgIpc) is 2.24. The van der Waals surface area contributed by atoms with Crippen molar-refractivity contribution >= 4 is 11.6 Å². The predicted octanol–water partition coefficient (Wildman–Crippen LogP) is 0.335. The minimum absolute atomic E-state index is 0.251. The number of nitrogen functional groups attached to an aromatic ring is 1. The lowest BCUT2D eigenvalue weighted by atomic mass is 10.2. The van der Waals surface area contributed by atoms with Gasteiger partial charge in [0.25, 0.3) is 0 Å². The molecule has 0 saturated carbocycles. The Morgan fingerprint density at radius 2 is 2.20 bits per heavy atom. The average molecular weight is 211 g/mol. The van der Waals surface area contributed by atoms with Crippen LogP contribution in [-0.4, -0.2) is 27.7 Å².